The molecule has 0 aliphatic rings. The molecule has 0 radical (unpaired) electrons. The number of hydrogen-bond acceptors (Lipinski definition) is 7. The van der Waals surface area contributed by atoms with Crippen molar-refractivity contribution in [1.82, 2.24) is 9.97 Å². The predicted molar refractivity (Wildman–Crippen MR) is 67.6 cm³/mol. The Balaban J connectivity index is 2.83. The molecule has 0 saturated heterocycles. The number of rotatable bonds is 6. The summed E-state index contributed by atoms with van der Waals surface area (Å²) in [7, 11) is -2.62. The van der Waals surface area contributed by atoms with Gasteiger partial charge in [-0.3, -0.25) is 9.52 Å². The highest BCUT2D eigenvalue weighted by molar-refractivity contribution is 7.93. The quantitative estimate of drug-likeness (QED) is 0.600. The molecular formula is C9H12ClN3O5S. The molecule has 0 atom stereocenters. The van der Waals surface area contributed by atoms with Crippen LogP contribution in [0.3, 0.4) is 0 Å². The Labute approximate surface area is 115 Å². The topological polar surface area (TPSA) is 107 Å². The summed E-state index contributed by atoms with van der Waals surface area (Å²) in [6, 6.07) is 1.31. The van der Waals surface area contributed by atoms with Crippen molar-refractivity contribution in [1.29, 1.82) is 0 Å². The molecule has 8 nitrogen and oxygen atoms in total. The van der Waals surface area contributed by atoms with Crippen LogP contribution in [0, 0.1) is 0 Å². The Kier molecular flexibility index (Phi) is 5.31. The fourth-order valence-electron chi connectivity index (χ4n) is 1.08. The van der Waals surface area contributed by atoms with E-state index in [0.717, 1.165) is 0 Å². The lowest BCUT2D eigenvalue weighted by Gasteiger charge is -2.07. The molecule has 1 N–H and O–H groups in total. The fraction of sp³-hybridized carbons (Fsp3) is 0.444. The number of hydrogen-bond donors (Lipinski definition) is 1. The highest BCUT2D eigenvalue weighted by atomic mass is 35.5. The second kappa shape index (κ2) is 6.53. The SMILES string of the molecule is CCOC(=O)CS(=O)(=O)Nc1nc(Cl)cc(OC)n1. The summed E-state index contributed by atoms with van der Waals surface area (Å²) in [6.45, 7) is 1.67. The van der Waals surface area contributed by atoms with Gasteiger partial charge in [0.1, 0.15) is 5.15 Å². The zero-order valence-electron chi connectivity index (χ0n) is 10.2. The van der Waals surface area contributed by atoms with Gasteiger partial charge in [-0.1, -0.05) is 11.6 Å². The number of carbonyl (C=O) groups is 1. The van der Waals surface area contributed by atoms with Crippen LogP contribution in [-0.4, -0.2) is 43.8 Å². The zero-order chi connectivity index (χ0) is 14.5. The molecule has 0 spiro atoms. The molecule has 10 heteroatoms. The molecule has 0 aliphatic carbocycles. The number of ether oxygens (including phenoxy) is 2. The Morgan fingerprint density at radius 3 is 2.74 bits per heavy atom. The van der Waals surface area contributed by atoms with E-state index in [0.29, 0.717) is 0 Å². The maximum absolute atomic E-state index is 11.6. The first-order valence-electron chi connectivity index (χ1n) is 5.11. The molecule has 106 valence electrons. The van der Waals surface area contributed by atoms with Crippen molar-refractivity contribution in [3.63, 3.8) is 0 Å². The van der Waals surface area contributed by atoms with Gasteiger partial charge in [0, 0.05) is 6.07 Å². The number of aromatic nitrogens is 2. The molecule has 1 aromatic heterocycles. The highest BCUT2D eigenvalue weighted by Crippen LogP contribution is 2.16. The predicted octanol–water partition coefficient (Wildman–Crippen LogP) is 0.443. The number of sulfonamides is 1. The molecule has 19 heavy (non-hydrogen) atoms. The van der Waals surface area contributed by atoms with Gasteiger partial charge in [-0.15, -0.1) is 0 Å². The van der Waals surface area contributed by atoms with Gasteiger partial charge in [-0.2, -0.15) is 4.98 Å². The third kappa shape index (κ3) is 5.26. The van der Waals surface area contributed by atoms with E-state index in [4.69, 9.17) is 16.3 Å². The monoisotopic (exact) mass is 309 g/mol. The minimum atomic E-state index is -3.96. The van der Waals surface area contributed by atoms with Gasteiger partial charge >= 0.3 is 5.97 Å². The first-order valence-corrected chi connectivity index (χ1v) is 7.14. The number of halogens is 1. The standard InChI is InChI=1S/C9H12ClN3O5S/c1-3-18-8(14)5-19(15,16)13-9-11-6(10)4-7(12-9)17-2/h4H,3,5H2,1-2H3,(H,11,12,13). The third-order valence-electron chi connectivity index (χ3n) is 1.74. The van der Waals surface area contributed by atoms with E-state index >= 15 is 0 Å². The third-order valence-corrected chi connectivity index (χ3v) is 3.04. The van der Waals surface area contributed by atoms with Crippen LogP contribution in [-0.2, 0) is 19.6 Å². The molecule has 0 amide bonds. The lowest BCUT2D eigenvalue weighted by atomic mass is 10.6. The van der Waals surface area contributed by atoms with Crippen LogP contribution in [0.25, 0.3) is 0 Å². The Morgan fingerprint density at radius 2 is 2.16 bits per heavy atom. The Hall–Kier alpha value is -1.61. The molecule has 0 aliphatic heterocycles. The second-order valence-corrected chi connectivity index (χ2v) is 5.33. The number of carbonyl (C=O) groups excluding carboxylic acids is 1. The van der Waals surface area contributed by atoms with Crippen molar-refractivity contribution in [2.24, 2.45) is 0 Å². The van der Waals surface area contributed by atoms with Gasteiger partial charge in [0.15, 0.2) is 5.75 Å². The molecule has 1 aromatic rings. The maximum Gasteiger partial charge on any atom is 0.323 e. The zero-order valence-corrected chi connectivity index (χ0v) is 11.8. The van der Waals surface area contributed by atoms with Crippen LogP contribution in [0.15, 0.2) is 6.07 Å². The molecule has 0 saturated carbocycles. The van der Waals surface area contributed by atoms with Gasteiger partial charge in [0.05, 0.1) is 13.7 Å². The molecule has 0 aromatic carbocycles. The van der Waals surface area contributed by atoms with Crippen molar-refractivity contribution in [3.8, 4) is 5.88 Å². The molecule has 1 heterocycles. The van der Waals surface area contributed by atoms with E-state index in [1.54, 1.807) is 6.92 Å². The number of nitrogens with one attached hydrogen (secondary N) is 1. The lowest BCUT2D eigenvalue weighted by molar-refractivity contribution is -0.139. The minimum absolute atomic E-state index is 0.000634. The number of esters is 1. The van der Waals surface area contributed by atoms with Gasteiger partial charge in [-0.25, -0.2) is 13.4 Å². The van der Waals surface area contributed by atoms with Crippen LogP contribution in [0.4, 0.5) is 5.95 Å². The summed E-state index contributed by atoms with van der Waals surface area (Å²) < 4.78 is 34.6. The van der Waals surface area contributed by atoms with E-state index < -0.39 is 21.7 Å². The molecule has 0 bridgehead atoms. The average molecular weight is 310 g/mol. The van der Waals surface area contributed by atoms with Crippen LogP contribution in [0.5, 0.6) is 5.88 Å². The average Bonchev–Trinajstić information content (AvgIpc) is 2.26. The Bertz CT molecular complexity index is 563. The van der Waals surface area contributed by atoms with E-state index in [1.807, 2.05) is 4.72 Å². The summed E-state index contributed by atoms with van der Waals surface area (Å²) in [5.41, 5.74) is 0. The first kappa shape index (κ1) is 15.4. The first-order chi connectivity index (χ1) is 8.86. The number of anilines is 1. The lowest BCUT2D eigenvalue weighted by Crippen LogP contribution is -2.25. The summed E-state index contributed by atoms with van der Waals surface area (Å²) in [5, 5.41) is 0.000634. The van der Waals surface area contributed by atoms with E-state index in [-0.39, 0.29) is 23.6 Å². The minimum Gasteiger partial charge on any atom is -0.481 e. The smallest absolute Gasteiger partial charge is 0.323 e. The molecule has 0 fully saturated rings. The van der Waals surface area contributed by atoms with E-state index in [9.17, 15) is 13.2 Å². The van der Waals surface area contributed by atoms with Gasteiger partial charge in [0.2, 0.25) is 21.9 Å². The number of nitrogens with zero attached hydrogens (tertiary/aromatic N) is 2. The summed E-state index contributed by atoms with van der Waals surface area (Å²) in [6.07, 6.45) is 0. The van der Waals surface area contributed by atoms with Crippen LogP contribution in [0.2, 0.25) is 5.15 Å². The van der Waals surface area contributed by atoms with E-state index in [1.165, 1.54) is 13.2 Å². The van der Waals surface area contributed by atoms with Gasteiger partial charge < -0.3 is 9.47 Å². The van der Waals surface area contributed by atoms with Crippen molar-refractivity contribution >= 4 is 33.5 Å². The highest BCUT2D eigenvalue weighted by Gasteiger charge is 2.19. The summed E-state index contributed by atoms with van der Waals surface area (Å²) in [5.74, 6) is -1.90. The van der Waals surface area contributed by atoms with Crippen molar-refractivity contribution in [3.05, 3.63) is 11.2 Å². The van der Waals surface area contributed by atoms with Crippen LogP contribution < -0.4 is 9.46 Å². The van der Waals surface area contributed by atoms with Crippen LogP contribution >= 0.6 is 11.6 Å². The largest absolute Gasteiger partial charge is 0.481 e. The van der Waals surface area contributed by atoms with Crippen LogP contribution in [0.1, 0.15) is 6.92 Å². The van der Waals surface area contributed by atoms with Gasteiger partial charge in [-0.05, 0) is 6.92 Å². The second-order valence-electron chi connectivity index (χ2n) is 3.22. The van der Waals surface area contributed by atoms with Crippen molar-refractivity contribution < 1.29 is 22.7 Å². The fourth-order valence-corrected chi connectivity index (χ4v) is 2.09. The number of methoxy groups -OCH3 is 1. The summed E-state index contributed by atoms with van der Waals surface area (Å²) >= 11 is 5.66. The van der Waals surface area contributed by atoms with Gasteiger partial charge in [0.25, 0.3) is 0 Å². The van der Waals surface area contributed by atoms with E-state index in [2.05, 4.69) is 14.7 Å². The molecule has 1 rings (SSSR count). The molecule has 0 unspecified atom stereocenters. The normalized spacial score (nSPS) is 10.9. The van der Waals surface area contributed by atoms with Crippen molar-refractivity contribution in [2.75, 3.05) is 24.2 Å². The summed E-state index contributed by atoms with van der Waals surface area (Å²) in [4.78, 5) is 18.5. The Morgan fingerprint density at radius 1 is 1.47 bits per heavy atom. The maximum atomic E-state index is 11.6. The van der Waals surface area contributed by atoms with Crippen molar-refractivity contribution in [2.45, 2.75) is 6.92 Å². The molecular weight excluding hydrogens is 298 g/mol.